The molecule has 2 rings (SSSR count). The van der Waals surface area contributed by atoms with E-state index in [0.29, 0.717) is 13.1 Å². The SMILES string of the molecule is Cn1ncc2c1CN(C(=O)OC(C)(C)C)C2. The number of hydrogen-bond acceptors (Lipinski definition) is 3. The van der Waals surface area contributed by atoms with Crippen molar-refractivity contribution < 1.29 is 9.53 Å². The quantitative estimate of drug-likeness (QED) is 0.672. The van der Waals surface area contributed by atoms with Gasteiger partial charge in [0.2, 0.25) is 0 Å². The van der Waals surface area contributed by atoms with E-state index in [4.69, 9.17) is 4.74 Å². The van der Waals surface area contributed by atoms with E-state index in [2.05, 4.69) is 5.10 Å². The summed E-state index contributed by atoms with van der Waals surface area (Å²) in [5.74, 6) is 0. The number of aryl methyl sites for hydroxylation is 1. The van der Waals surface area contributed by atoms with Gasteiger partial charge in [-0.15, -0.1) is 0 Å². The lowest BCUT2D eigenvalue weighted by Gasteiger charge is -2.24. The van der Waals surface area contributed by atoms with Gasteiger partial charge >= 0.3 is 6.09 Å². The molecule has 2 heterocycles. The molecule has 5 heteroatoms. The topological polar surface area (TPSA) is 47.4 Å². The number of aromatic nitrogens is 2. The van der Waals surface area contributed by atoms with Gasteiger partial charge in [-0.3, -0.25) is 9.58 Å². The Morgan fingerprint density at radius 1 is 1.44 bits per heavy atom. The minimum absolute atomic E-state index is 0.260. The zero-order valence-electron chi connectivity index (χ0n) is 10.1. The summed E-state index contributed by atoms with van der Waals surface area (Å²) in [5, 5.41) is 4.14. The van der Waals surface area contributed by atoms with Gasteiger partial charge in [0.05, 0.1) is 25.0 Å². The van der Waals surface area contributed by atoms with E-state index in [1.165, 1.54) is 0 Å². The molecule has 0 radical (unpaired) electrons. The fourth-order valence-corrected chi connectivity index (χ4v) is 1.74. The molecule has 1 aliphatic heterocycles. The van der Waals surface area contributed by atoms with Crippen molar-refractivity contribution in [3.8, 4) is 0 Å². The lowest BCUT2D eigenvalue weighted by atomic mass is 10.2. The molecule has 0 unspecified atom stereocenters. The Hall–Kier alpha value is -1.52. The van der Waals surface area contributed by atoms with E-state index in [1.54, 1.807) is 15.8 Å². The Labute approximate surface area is 95.0 Å². The number of nitrogens with zero attached hydrogens (tertiary/aromatic N) is 3. The van der Waals surface area contributed by atoms with Crippen LogP contribution in [0.25, 0.3) is 0 Å². The second-order valence-corrected chi connectivity index (χ2v) is 5.08. The highest BCUT2D eigenvalue weighted by molar-refractivity contribution is 5.69. The van der Waals surface area contributed by atoms with E-state index >= 15 is 0 Å². The Morgan fingerprint density at radius 2 is 2.12 bits per heavy atom. The third kappa shape index (κ3) is 2.03. The first kappa shape index (κ1) is 11.0. The lowest BCUT2D eigenvalue weighted by molar-refractivity contribution is 0.0238. The highest BCUT2D eigenvalue weighted by Gasteiger charge is 2.29. The van der Waals surface area contributed by atoms with Crippen LogP contribution in [0.3, 0.4) is 0 Å². The minimum Gasteiger partial charge on any atom is -0.444 e. The monoisotopic (exact) mass is 223 g/mol. The summed E-state index contributed by atoms with van der Waals surface area (Å²) in [6.07, 6.45) is 1.54. The molecule has 1 aromatic rings. The average Bonchev–Trinajstić information content (AvgIpc) is 2.65. The summed E-state index contributed by atoms with van der Waals surface area (Å²) in [5.41, 5.74) is 1.75. The molecule has 0 saturated heterocycles. The van der Waals surface area contributed by atoms with Gasteiger partial charge < -0.3 is 4.74 Å². The first-order valence-electron chi connectivity index (χ1n) is 5.34. The molecule has 88 valence electrons. The van der Waals surface area contributed by atoms with Crippen molar-refractivity contribution in [3.63, 3.8) is 0 Å². The van der Waals surface area contributed by atoms with Crippen molar-refractivity contribution >= 4 is 6.09 Å². The Bertz CT molecular complexity index is 417. The van der Waals surface area contributed by atoms with E-state index in [9.17, 15) is 4.79 Å². The third-order valence-corrected chi connectivity index (χ3v) is 2.50. The summed E-state index contributed by atoms with van der Waals surface area (Å²) < 4.78 is 7.12. The molecule has 0 bridgehead atoms. The van der Waals surface area contributed by atoms with E-state index in [-0.39, 0.29) is 6.09 Å². The van der Waals surface area contributed by atoms with Crippen molar-refractivity contribution in [2.24, 2.45) is 7.05 Å². The summed E-state index contributed by atoms with van der Waals surface area (Å²) in [6.45, 7) is 6.79. The summed E-state index contributed by atoms with van der Waals surface area (Å²) in [7, 11) is 1.89. The van der Waals surface area contributed by atoms with Crippen molar-refractivity contribution in [1.29, 1.82) is 0 Å². The molecule has 0 fully saturated rings. The normalized spacial score (nSPS) is 15.1. The van der Waals surface area contributed by atoms with Crippen LogP contribution >= 0.6 is 0 Å². The Morgan fingerprint density at radius 3 is 2.69 bits per heavy atom. The molecule has 0 atom stereocenters. The molecule has 5 nitrogen and oxygen atoms in total. The fourth-order valence-electron chi connectivity index (χ4n) is 1.74. The molecule has 0 aromatic carbocycles. The minimum atomic E-state index is -0.440. The lowest BCUT2D eigenvalue weighted by Crippen LogP contribution is -2.33. The zero-order chi connectivity index (χ0) is 11.9. The van der Waals surface area contributed by atoms with Crippen LogP contribution in [-0.2, 0) is 24.9 Å². The van der Waals surface area contributed by atoms with Crippen LogP contribution in [0.2, 0.25) is 0 Å². The van der Waals surface area contributed by atoms with Crippen molar-refractivity contribution in [1.82, 2.24) is 14.7 Å². The predicted molar refractivity (Wildman–Crippen MR) is 58.7 cm³/mol. The predicted octanol–water partition coefficient (Wildman–Crippen LogP) is 1.67. The molecular formula is C11H17N3O2. The molecule has 1 aromatic heterocycles. The Kier molecular flexibility index (Phi) is 2.40. The second-order valence-electron chi connectivity index (χ2n) is 5.08. The Balaban J connectivity index is 2.04. The second kappa shape index (κ2) is 3.50. The van der Waals surface area contributed by atoms with Gasteiger partial charge in [-0.1, -0.05) is 0 Å². The number of amides is 1. The standard InChI is InChI=1S/C11H17N3O2/c1-11(2,3)16-10(15)14-6-8-5-12-13(4)9(8)7-14/h5H,6-7H2,1-4H3. The summed E-state index contributed by atoms with van der Waals surface area (Å²) in [6, 6.07) is 0. The number of carbonyl (C=O) groups is 1. The molecule has 1 amide bonds. The fraction of sp³-hybridized carbons (Fsp3) is 0.636. The van der Waals surface area contributed by atoms with Crippen molar-refractivity contribution in [3.05, 3.63) is 17.5 Å². The smallest absolute Gasteiger partial charge is 0.410 e. The summed E-state index contributed by atoms with van der Waals surface area (Å²) >= 11 is 0. The van der Waals surface area contributed by atoms with Crippen LogP contribution in [0.15, 0.2) is 6.20 Å². The maximum Gasteiger partial charge on any atom is 0.410 e. The van der Waals surface area contributed by atoms with E-state index in [0.717, 1.165) is 11.3 Å². The zero-order valence-corrected chi connectivity index (χ0v) is 10.1. The van der Waals surface area contributed by atoms with Crippen molar-refractivity contribution in [2.75, 3.05) is 0 Å². The van der Waals surface area contributed by atoms with Gasteiger partial charge in [-0.05, 0) is 20.8 Å². The van der Waals surface area contributed by atoms with Gasteiger partial charge in [-0.2, -0.15) is 5.10 Å². The molecule has 0 N–H and O–H groups in total. The molecule has 0 saturated carbocycles. The van der Waals surface area contributed by atoms with Gasteiger partial charge in [0.15, 0.2) is 0 Å². The molecule has 0 aliphatic carbocycles. The van der Waals surface area contributed by atoms with E-state index in [1.807, 2.05) is 27.8 Å². The molecule has 16 heavy (non-hydrogen) atoms. The van der Waals surface area contributed by atoms with Crippen LogP contribution in [0.1, 0.15) is 32.0 Å². The van der Waals surface area contributed by atoms with Gasteiger partial charge in [0.1, 0.15) is 5.60 Å². The molecule has 1 aliphatic rings. The largest absolute Gasteiger partial charge is 0.444 e. The maximum absolute atomic E-state index is 11.8. The number of hydrogen-bond donors (Lipinski definition) is 0. The van der Waals surface area contributed by atoms with Crippen LogP contribution in [0.5, 0.6) is 0 Å². The molecular weight excluding hydrogens is 206 g/mol. The van der Waals surface area contributed by atoms with Crippen LogP contribution in [0, 0.1) is 0 Å². The highest BCUT2D eigenvalue weighted by Crippen LogP contribution is 2.23. The highest BCUT2D eigenvalue weighted by atomic mass is 16.6. The first-order chi connectivity index (χ1) is 7.37. The first-order valence-corrected chi connectivity index (χ1v) is 5.34. The van der Waals surface area contributed by atoms with Crippen LogP contribution in [0.4, 0.5) is 4.79 Å². The van der Waals surface area contributed by atoms with Crippen molar-refractivity contribution in [2.45, 2.75) is 39.5 Å². The molecule has 0 spiro atoms. The van der Waals surface area contributed by atoms with Crippen LogP contribution < -0.4 is 0 Å². The average molecular weight is 223 g/mol. The van der Waals surface area contributed by atoms with E-state index < -0.39 is 5.60 Å². The van der Waals surface area contributed by atoms with Gasteiger partial charge in [0.25, 0.3) is 0 Å². The van der Waals surface area contributed by atoms with Gasteiger partial charge in [-0.25, -0.2) is 4.79 Å². The van der Waals surface area contributed by atoms with Crippen LogP contribution in [-0.4, -0.2) is 26.4 Å². The number of rotatable bonds is 0. The number of carbonyl (C=O) groups excluding carboxylic acids is 1. The maximum atomic E-state index is 11.8. The number of fused-ring (bicyclic) bond motifs is 1. The summed E-state index contributed by atoms with van der Waals surface area (Å²) in [4.78, 5) is 13.5. The third-order valence-electron chi connectivity index (χ3n) is 2.50. The number of ether oxygens (including phenoxy) is 1. The van der Waals surface area contributed by atoms with Gasteiger partial charge in [0, 0.05) is 12.6 Å².